The molecule has 4 rings (SSSR count). The van der Waals surface area contributed by atoms with Crippen molar-refractivity contribution in [1.82, 2.24) is 15.0 Å². The van der Waals surface area contributed by atoms with E-state index in [1.165, 1.54) is 4.70 Å². The number of fused-ring (bicyclic) bond motifs is 1. The Morgan fingerprint density at radius 3 is 2.74 bits per heavy atom. The summed E-state index contributed by atoms with van der Waals surface area (Å²) in [5.74, 6) is 1.51. The molecule has 0 spiro atoms. The Bertz CT molecular complexity index is 857. The number of piperidine rings is 1. The van der Waals surface area contributed by atoms with Gasteiger partial charge in [0, 0.05) is 30.9 Å². The van der Waals surface area contributed by atoms with Gasteiger partial charge in [-0.15, -0.1) is 11.3 Å². The van der Waals surface area contributed by atoms with E-state index in [4.69, 9.17) is 5.26 Å². The highest BCUT2D eigenvalue weighted by atomic mass is 32.1. The number of pyridine rings is 1. The monoisotopic (exact) mass is 321 g/mol. The van der Waals surface area contributed by atoms with Crippen LogP contribution in [0.15, 0.2) is 36.1 Å². The van der Waals surface area contributed by atoms with Gasteiger partial charge in [0.15, 0.2) is 0 Å². The zero-order valence-electron chi connectivity index (χ0n) is 12.5. The first kappa shape index (κ1) is 14.1. The van der Waals surface area contributed by atoms with Gasteiger partial charge in [-0.1, -0.05) is 0 Å². The molecule has 1 aliphatic heterocycles. The molecular weight excluding hydrogens is 306 g/mol. The van der Waals surface area contributed by atoms with Crippen molar-refractivity contribution in [2.45, 2.75) is 18.8 Å². The summed E-state index contributed by atoms with van der Waals surface area (Å²) in [6, 6.07) is 8.00. The fourth-order valence-corrected chi connectivity index (χ4v) is 3.96. The second-order valence-electron chi connectivity index (χ2n) is 5.68. The summed E-state index contributed by atoms with van der Waals surface area (Å²) >= 11 is 1.70. The number of rotatable bonds is 2. The molecule has 3 aromatic heterocycles. The Morgan fingerprint density at radius 2 is 2.00 bits per heavy atom. The molecular formula is C17H15N5S. The van der Waals surface area contributed by atoms with Crippen LogP contribution in [0.5, 0.6) is 0 Å². The summed E-state index contributed by atoms with van der Waals surface area (Å²) in [5, 5.41) is 10.9. The van der Waals surface area contributed by atoms with Crippen LogP contribution >= 0.6 is 11.3 Å². The van der Waals surface area contributed by atoms with E-state index in [1.807, 2.05) is 18.2 Å². The summed E-state index contributed by atoms with van der Waals surface area (Å²) in [5.41, 5.74) is 2.73. The average molecular weight is 321 g/mol. The third kappa shape index (κ3) is 2.64. The van der Waals surface area contributed by atoms with Crippen LogP contribution in [0.1, 0.15) is 30.0 Å². The molecule has 1 aliphatic rings. The Kier molecular flexibility index (Phi) is 3.64. The highest BCUT2D eigenvalue weighted by Crippen LogP contribution is 2.33. The molecule has 0 aliphatic carbocycles. The first-order chi connectivity index (χ1) is 11.3. The van der Waals surface area contributed by atoms with E-state index >= 15 is 0 Å². The molecule has 1 fully saturated rings. The zero-order chi connectivity index (χ0) is 15.6. The molecule has 0 aromatic carbocycles. The van der Waals surface area contributed by atoms with Crippen molar-refractivity contribution >= 4 is 27.4 Å². The lowest BCUT2D eigenvalue weighted by atomic mass is 9.93. The Balaban J connectivity index is 1.50. The summed E-state index contributed by atoms with van der Waals surface area (Å²) in [6.07, 6.45) is 5.42. The van der Waals surface area contributed by atoms with Gasteiger partial charge in [0.2, 0.25) is 0 Å². The van der Waals surface area contributed by atoms with E-state index in [0.29, 0.717) is 11.5 Å². The summed E-state index contributed by atoms with van der Waals surface area (Å²) in [4.78, 5) is 15.6. The maximum atomic E-state index is 8.86. The molecule has 0 unspecified atom stereocenters. The second kappa shape index (κ2) is 5.94. The van der Waals surface area contributed by atoms with E-state index in [0.717, 1.165) is 43.0 Å². The van der Waals surface area contributed by atoms with E-state index in [2.05, 4.69) is 31.3 Å². The van der Waals surface area contributed by atoms with Crippen LogP contribution in [0.2, 0.25) is 0 Å². The lowest BCUT2D eigenvalue weighted by molar-refractivity contribution is 0.494. The molecule has 114 valence electrons. The Hall–Kier alpha value is -2.52. The van der Waals surface area contributed by atoms with Gasteiger partial charge in [-0.25, -0.2) is 9.97 Å². The van der Waals surface area contributed by atoms with Crippen LogP contribution in [-0.4, -0.2) is 28.0 Å². The Labute approximate surface area is 138 Å². The Morgan fingerprint density at radius 1 is 1.13 bits per heavy atom. The minimum Gasteiger partial charge on any atom is -0.355 e. The minimum atomic E-state index is 0.458. The van der Waals surface area contributed by atoms with Gasteiger partial charge in [0.1, 0.15) is 18.2 Å². The van der Waals surface area contributed by atoms with Crippen LogP contribution < -0.4 is 4.90 Å². The number of nitriles is 1. The van der Waals surface area contributed by atoms with Crippen LogP contribution in [0.3, 0.4) is 0 Å². The number of thiophene rings is 1. The van der Waals surface area contributed by atoms with Gasteiger partial charge >= 0.3 is 0 Å². The van der Waals surface area contributed by atoms with Crippen molar-refractivity contribution in [2.75, 3.05) is 18.0 Å². The molecule has 0 bridgehead atoms. The number of aromatic nitrogens is 3. The molecule has 0 saturated carbocycles. The number of hydrogen-bond donors (Lipinski definition) is 0. The number of anilines is 1. The largest absolute Gasteiger partial charge is 0.355 e. The van der Waals surface area contributed by atoms with Gasteiger partial charge in [-0.3, -0.25) is 4.98 Å². The lowest BCUT2D eigenvalue weighted by Crippen LogP contribution is -2.33. The first-order valence-electron chi connectivity index (χ1n) is 7.64. The molecule has 0 radical (unpaired) electrons. The van der Waals surface area contributed by atoms with Crippen molar-refractivity contribution in [1.29, 1.82) is 5.26 Å². The standard InChI is InChI=1S/C17H15N5S/c18-9-12-1-2-14(19-10-12)13-3-6-22(7-4-13)17-16-15(5-8-23-16)20-11-21-17/h1-2,5,8,10-11,13H,3-4,6-7H2. The minimum absolute atomic E-state index is 0.458. The van der Waals surface area contributed by atoms with Gasteiger partial charge in [-0.05, 0) is 36.4 Å². The average Bonchev–Trinajstić information content (AvgIpc) is 3.11. The van der Waals surface area contributed by atoms with E-state index < -0.39 is 0 Å². The van der Waals surface area contributed by atoms with E-state index in [9.17, 15) is 0 Å². The summed E-state index contributed by atoms with van der Waals surface area (Å²) in [7, 11) is 0. The van der Waals surface area contributed by atoms with Crippen LogP contribution in [0, 0.1) is 11.3 Å². The van der Waals surface area contributed by atoms with Gasteiger partial charge in [0.25, 0.3) is 0 Å². The number of hydrogen-bond acceptors (Lipinski definition) is 6. The lowest BCUT2D eigenvalue weighted by Gasteiger charge is -2.32. The molecule has 1 saturated heterocycles. The van der Waals surface area contributed by atoms with Crippen LogP contribution in [0.4, 0.5) is 5.82 Å². The molecule has 3 aromatic rings. The van der Waals surface area contributed by atoms with Crippen molar-refractivity contribution in [3.8, 4) is 6.07 Å². The molecule has 0 atom stereocenters. The maximum Gasteiger partial charge on any atom is 0.150 e. The fourth-order valence-electron chi connectivity index (χ4n) is 3.10. The molecule has 4 heterocycles. The quantitative estimate of drug-likeness (QED) is 0.724. The molecule has 6 heteroatoms. The first-order valence-corrected chi connectivity index (χ1v) is 8.52. The van der Waals surface area contributed by atoms with Crippen LogP contribution in [-0.2, 0) is 0 Å². The highest BCUT2D eigenvalue weighted by molar-refractivity contribution is 7.17. The second-order valence-corrected chi connectivity index (χ2v) is 6.59. The van der Waals surface area contributed by atoms with Crippen molar-refractivity contribution < 1.29 is 0 Å². The van der Waals surface area contributed by atoms with Gasteiger partial charge < -0.3 is 4.90 Å². The third-order valence-corrected chi connectivity index (χ3v) is 5.25. The number of nitrogens with zero attached hydrogens (tertiary/aromatic N) is 5. The SMILES string of the molecule is N#Cc1ccc(C2CCN(c3ncnc4ccsc34)CC2)nc1. The molecule has 0 N–H and O–H groups in total. The predicted molar refractivity (Wildman–Crippen MR) is 90.6 cm³/mol. The highest BCUT2D eigenvalue weighted by Gasteiger charge is 2.23. The maximum absolute atomic E-state index is 8.86. The van der Waals surface area contributed by atoms with Crippen molar-refractivity contribution in [3.63, 3.8) is 0 Å². The smallest absolute Gasteiger partial charge is 0.150 e. The fraction of sp³-hybridized carbons (Fsp3) is 0.294. The molecule has 23 heavy (non-hydrogen) atoms. The zero-order valence-corrected chi connectivity index (χ0v) is 13.3. The summed E-state index contributed by atoms with van der Waals surface area (Å²) in [6.45, 7) is 1.94. The predicted octanol–water partition coefficient (Wildman–Crippen LogP) is 3.34. The summed E-state index contributed by atoms with van der Waals surface area (Å²) < 4.78 is 1.17. The van der Waals surface area contributed by atoms with Crippen molar-refractivity contribution in [3.05, 3.63) is 47.4 Å². The van der Waals surface area contributed by atoms with E-state index in [-0.39, 0.29) is 0 Å². The third-order valence-electron chi connectivity index (χ3n) is 4.35. The topological polar surface area (TPSA) is 65.7 Å². The van der Waals surface area contributed by atoms with Crippen LogP contribution in [0.25, 0.3) is 10.2 Å². The molecule has 5 nitrogen and oxygen atoms in total. The van der Waals surface area contributed by atoms with Gasteiger partial charge in [-0.2, -0.15) is 5.26 Å². The molecule has 0 amide bonds. The van der Waals surface area contributed by atoms with Crippen molar-refractivity contribution in [2.24, 2.45) is 0 Å². The van der Waals surface area contributed by atoms with Gasteiger partial charge in [0.05, 0.1) is 15.8 Å². The normalized spacial score (nSPS) is 15.7. The van der Waals surface area contributed by atoms with E-state index in [1.54, 1.807) is 23.9 Å².